The van der Waals surface area contributed by atoms with Crippen molar-refractivity contribution < 1.29 is 23.0 Å². The Labute approximate surface area is 96.5 Å². The van der Waals surface area contributed by atoms with Crippen LogP contribution in [0.4, 0.5) is 8.78 Å². The van der Waals surface area contributed by atoms with Crippen LogP contribution >= 0.6 is 0 Å². The summed E-state index contributed by atoms with van der Waals surface area (Å²) in [5.74, 6) is -0.914. The van der Waals surface area contributed by atoms with Gasteiger partial charge in [0, 0.05) is 12.1 Å². The first-order chi connectivity index (χ1) is 8.04. The first-order valence-electron chi connectivity index (χ1n) is 4.69. The molecule has 0 bridgehead atoms. The molecule has 17 heavy (non-hydrogen) atoms. The van der Waals surface area contributed by atoms with Gasteiger partial charge in [0.1, 0.15) is 11.4 Å². The minimum absolute atomic E-state index is 0.0304. The van der Waals surface area contributed by atoms with Crippen LogP contribution in [-0.4, -0.2) is 25.2 Å². The van der Waals surface area contributed by atoms with Crippen molar-refractivity contribution in [2.24, 2.45) is 5.73 Å². The Balaban J connectivity index is 3.39. The van der Waals surface area contributed by atoms with Crippen LogP contribution in [0.5, 0.6) is 5.75 Å². The number of carbonyl (C=O) groups is 1. The topological polar surface area (TPSA) is 74.4 Å². The Hall–Kier alpha value is -1.76. The second kappa shape index (κ2) is 5.53. The molecule has 0 unspecified atom stereocenters. The number of esters is 1. The summed E-state index contributed by atoms with van der Waals surface area (Å²) in [6.45, 7) is -0.0304. The van der Waals surface area contributed by atoms with Gasteiger partial charge in [-0.05, 0) is 6.07 Å². The largest absolute Gasteiger partial charge is 0.495 e. The number of methoxy groups -OCH3 is 2. The molecule has 0 aliphatic carbocycles. The molecule has 0 aliphatic heterocycles. The lowest BCUT2D eigenvalue weighted by Gasteiger charge is -2.11. The van der Waals surface area contributed by atoms with Crippen molar-refractivity contribution in [3.63, 3.8) is 0 Å². The van der Waals surface area contributed by atoms with Gasteiger partial charge in [0.2, 0.25) is 0 Å². The minimum atomic E-state index is -2.85. The molecule has 7 heteroatoms. The fraction of sp³-hybridized carbons (Fsp3) is 0.400. The van der Waals surface area contributed by atoms with Crippen molar-refractivity contribution in [3.8, 4) is 5.75 Å². The van der Waals surface area contributed by atoms with Crippen molar-refractivity contribution in [1.82, 2.24) is 4.98 Å². The van der Waals surface area contributed by atoms with Gasteiger partial charge in [-0.1, -0.05) is 0 Å². The zero-order chi connectivity index (χ0) is 13.0. The molecule has 0 saturated heterocycles. The first kappa shape index (κ1) is 13.3. The predicted molar refractivity (Wildman–Crippen MR) is 55.0 cm³/mol. The van der Waals surface area contributed by atoms with Gasteiger partial charge < -0.3 is 15.2 Å². The SMILES string of the molecule is COC(=O)c1nc(C(F)F)c(OC)cc1CN. The summed E-state index contributed by atoms with van der Waals surface area (Å²) in [6.07, 6.45) is -2.85. The van der Waals surface area contributed by atoms with E-state index in [1.165, 1.54) is 13.2 Å². The van der Waals surface area contributed by atoms with Crippen molar-refractivity contribution >= 4 is 5.97 Å². The summed E-state index contributed by atoms with van der Waals surface area (Å²) in [7, 11) is 2.37. The third kappa shape index (κ3) is 2.68. The molecule has 1 aromatic heterocycles. The second-order valence-corrected chi connectivity index (χ2v) is 3.08. The highest BCUT2D eigenvalue weighted by atomic mass is 19.3. The van der Waals surface area contributed by atoms with Crippen molar-refractivity contribution in [2.45, 2.75) is 13.0 Å². The quantitative estimate of drug-likeness (QED) is 0.810. The highest BCUT2D eigenvalue weighted by Crippen LogP contribution is 2.29. The number of aromatic nitrogens is 1. The van der Waals surface area contributed by atoms with E-state index in [1.54, 1.807) is 0 Å². The number of nitrogens with zero attached hydrogens (tertiary/aromatic N) is 1. The van der Waals surface area contributed by atoms with Crippen molar-refractivity contribution in [2.75, 3.05) is 14.2 Å². The van der Waals surface area contributed by atoms with Gasteiger partial charge in [-0.25, -0.2) is 18.6 Å². The van der Waals surface area contributed by atoms with E-state index < -0.39 is 18.1 Å². The molecule has 0 saturated carbocycles. The van der Waals surface area contributed by atoms with Crippen LogP contribution in [0, 0.1) is 0 Å². The number of hydrogen-bond donors (Lipinski definition) is 1. The summed E-state index contributed by atoms with van der Waals surface area (Å²) in [5, 5.41) is 0. The number of alkyl halides is 2. The van der Waals surface area contributed by atoms with E-state index in [9.17, 15) is 13.6 Å². The molecular weight excluding hydrogens is 234 g/mol. The van der Waals surface area contributed by atoms with E-state index in [0.717, 1.165) is 7.11 Å². The van der Waals surface area contributed by atoms with E-state index in [-0.39, 0.29) is 23.6 Å². The smallest absolute Gasteiger partial charge is 0.357 e. The fourth-order valence-corrected chi connectivity index (χ4v) is 1.30. The van der Waals surface area contributed by atoms with Gasteiger partial charge in [-0.3, -0.25) is 0 Å². The van der Waals surface area contributed by atoms with Crippen LogP contribution in [0.15, 0.2) is 6.07 Å². The lowest BCUT2D eigenvalue weighted by molar-refractivity contribution is 0.0590. The van der Waals surface area contributed by atoms with Gasteiger partial charge in [-0.15, -0.1) is 0 Å². The first-order valence-corrected chi connectivity index (χ1v) is 4.69. The zero-order valence-corrected chi connectivity index (χ0v) is 9.37. The molecule has 1 heterocycles. The number of carbonyl (C=O) groups excluding carboxylic acids is 1. The third-order valence-electron chi connectivity index (χ3n) is 2.12. The van der Waals surface area contributed by atoms with Crippen LogP contribution in [0.1, 0.15) is 28.2 Å². The maximum atomic E-state index is 12.7. The normalized spacial score (nSPS) is 10.5. The summed E-state index contributed by atoms with van der Waals surface area (Å²) < 4.78 is 34.6. The van der Waals surface area contributed by atoms with E-state index in [0.29, 0.717) is 0 Å². The molecule has 0 aliphatic rings. The van der Waals surface area contributed by atoms with Crippen LogP contribution in [0.2, 0.25) is 0 Å². The van der Waals surface area contributed by atoms with Gasteiger partial charge in [0.05, 0.1) is 14.2 Å². The van der Waals surface area contributed by atoms with Crippen LogP contribution in [0.3, 0.4) is 0 Å². The molecule has 2 N–H and O–H groups in total. The molecule has 5 nitrogen and oxygen atoms in total. The summed E-state index contributed by atoms with van der Waals surface area (Å²) in [6, 6.07) is 1.26. The molecule has 0 fully saturated rings. The van der Waals surface area contributed by atoms with Gasteiger partial charge in [-0.2, -0.15) is 0 Å². The molecule has 0 spiro atoms. The number of nitrogens with two attached hydrogens (primary N) is 1. The Kier molecular flexibility index (Phi) is 4.33. The number of hydrogen-bond acceptors (Lipinski definition) is 5. The summed E-state index contributed by atoms with van der Waals surface area (Å²) in [4.78, 5) is 14.9. The highest BCUT2D eigenvalue weighted by Gasteiger charge is 2.22. The number of ether oxygens (including phenoxy) is 2. The number of pyridine rings is 1. The molecule has 0 radical (unpaired) electrons. The van der Waals surface area contributed by atoms with Crippen molar-refractivity contribution in [1.29, 1.82) is 0 Å². The van der Waals surface area contributed by atoms with Crippen LogP contribution in [0.25, 0.3) is 0 Å². The fourth-order valence-electron chi connectivity index (χ4n) is 1.30. The zero-order valence-electron chi connectivity index (χ0n) is 9.37. The molecule has 0 atom stereocenters. The number of halogens is 2. The van der Waals surface area contributed by atoms with Crippen molar-refractivity contribution in [3.05, 3.63) is 23.0 Å². The Morgan fingerprint density at radius 1 is 1.53 bits per heavy atom. The third-order valence-corrected chi connectivity index (χ3v) is 2.12. The van der Waals surface area contributed by atoms with E-state index in [1.807, 2.05) is 0 Å². The van der Waals surface area contributed by atoms with Gasteiger partial charge >= 0.3 is 5.97 Å². The second-order valence-electron chi connectivity index (χ2n) is 3.08. The van der Waals surface area contributed by atoms with Crippen LogP contribution in [-0.2, 0) is 11.3 Å². The monoisotopic (exact) mass is 246 g/mol. The lowest BCUT2D eigenvalue weighted by atomic mass is 10.1. The molecular formula is C10H12F2N2O3. The average molecular weight is 246 g/mol. The molecule has 1 aromatic rings. The highest BCUT2D eigenvalue weighted by molar-refractivity contribution is 5.89. The Morgan fingerprint density at radius 3 is 2.59 bits per heavy atom. The van der Waals surface area contributed by atoms with E-state index >= 15 is 0 Å². The van der Waals surface area contributed by atoms with Crippen LogP contribution < -0.4 is 10.5 Å². The molecule has 1 rings (SSSR count). The molecule has 0 aromatic carbocycles. The minimum Gasteiger partial charge on any atom is -0.495 e. The summed E-state index contributed by atoms with van der Waals surface area (Å²) >= 11 is 0. The Bertz CT molecular complexity index is 424. The van der Waals surface area contributed by atoms with Gasteiger partial charge in [0.25, 0.3) is 6.43 Å². The number of rotatable bonds is 4. The Morgan fingerprint density at radius 2 is 2.18 bits per heavy atom. The predicted octanol–water partition coefficient (Wildman–Crippen LogP) is 1.27. The van der Waals surface area contributed by atoms with Gasteiger partial charge in [0.15, 0.2) is 5.69 Å². The maximum absolute atomic E-state index is 12.7. The van der Waals surface area contributed by atoms with E-state index in [4.69, 9.17) is 10.5 Å². The lowest BCUT2D eigenvalue weighted by Crippen LogP contribution is -2.14. The standard InChI is InChI=1S/C10H12F2N2O3/c1-16-6-3-5(4-13)7(10(15)17-2)14-8(6)9(11)12/h3,9H,4,13H2,1-2H3. The average Bonchev–Trinajstić information content (AvgIpc) is 2.35. The molecule has 94 valence electrons. The summed E-state index contributed by atoms with van der Waals surface area (Å²) in [5.41, 5.74) is 4.87. The molecule has 0 amide bonds. The van der Waals surface area contributed by atoms with E-state index in [2.05, 4.69) is 9.72 Å². The maximum Gasteiger partial charge on any atom is 0.357 e.